The zero-order chi connectivity index (χ0) is 22.5. The van der Waals surface area contributed by atoms with Crippen molar-refractivity contribution in [1.82, 2.24) is 9.88 Å². The van der Waals surface area contributed by atoms with Gasteiger partial charge in [0.2, 0.25) is 12.7 Å². The molecule has 2 N–H and O–H groups in total. The van der Waals surface area contributed by atoms with Gasteiger partial charge in [-0.2, -0.15) is 0 Å². The number of amides is 2. The number of rotatable bonds is 3. The van der Waals surface area contributed by atoms with Crippen molar-refractivity contribution in [2.75, 3.05) is 19.2 Å². The van der Waals surface area contributed by atoms with Crippen LogP contribution in [-0.2, 0) is 4.79 Å². The van der Waals surface area contributed by atoms with E-state index in [1.165, 1.54) is 0 Å². The number of aromatic amines is 1. The number of fused-ring (bicyclic) bond motifs is 3. The Morgan fingerprint density at radius 3 is 2.79 bits per heavy atom. The van der Waals surface area contributed by atoms with Gasteiger partial charge in [-0.05, 0) is 52.9 Å². The molecule has 6 rings (SSSR count). The lowest BCUT2D eigenvalue weighted by Gasteiger charge is -2.39. The average molecular weight is 439 g/mol. The molecule has 0 saturated carbocycles. The summed E-state index contributed by atoms with van der Waals surface area (Å²) in [6, 6.07) is 20.1. The molecule has 0 fully saturated rings. The summed E-state index contributed by atoms with van der Waals surface area (Å²) >= 11 is 0. The maximum absolute atomic E-state index is 13.8. The van der Waals surface area contributed by atoms with Crippen LogP contribution in [0.5, 0.6) is 11.5 Å². The third-order valence-corrected chi connectivity index (χ3v) is 6.42. The molecule has 2 aliphatic heterocycles. The monoisotopic (exact) mass is 439 g/mol. The summed E-state index contributed by atoms with van der Waals surface area (Å²) < 4.78 is 11.0. The van der Waals surface area contributed by atoms with Gasteiger partial charge in [-0.3, -0.25) is 9.59 Å². The van der Waals surface area contributed by atoms with Crippen molar-refractivity contribution in [3.05, 3.63) is 89.6 Å². The Kier molecular flexibility index (Phi) is 4.36. The van der Waals surface area contributed by atoms with Crippen LogP contribution in [0.1, 0.15) is 33.4 Å². The Hall–Kier alpha value is -4.26. The quantitative estimate of drug-likeness (QED) is 0.494. The highest BCUT2D eigenvalue weighted by molar-refractivity contribution is 6.04. The second-order valence-electron chi connectivity index (χ2n) is 8.31. The summed E-state index contributed by atoms with van der Waals surface area (Å²) in [6.45, 7) is 0.159. The molecule has 3 heterocycles. The SMILES string of the molecule is CN1C(=O)c2ccccc2[C@@H](C(=O)Nc2ccc3cc[nH]c3c2)[C@@H]1c1ccc2c(c1)OCO2. The Bertz CT molecular complexity index is 1410. The van der Waals surface area contributed by atoms with Crippen LogP contribution in [-0.4, -0.2) is 35.5 Å². The standard InChI is InChI=1S/C26H21N3O4/c1-29-24(16-7-9-21-22(12-16)33-14-32-21)23(18-4-2-3-5-19(18)26(29)31)25(30)28-17-8-6-15-10-11-27-20(15)13-17/h2-13,23-24,27H,14H2,1H3,(H,28,30)/t23-,24+/m1/s1. The second-order valence-corrected chi connectivity index (χ2v) is 8.31. The topological polar surface area (TPSA) is 83.7 Å². The van der Waals surface area contributed by atoms with Crippen LogP contribution in [0.3, 0.4) is 0 Å². The lowest BCUT2D eigenvalue weighted by atomic mass is 9.79. The highest BCUT2D eigenvalue weighted by Crippen LogP contribution is 2.45. The first-order valence-corrected chi connectivity index (χ1v) is 10.7. The van der Waals surface area contributed by atoms with Gasteiger partial charge >= 0.3 is 0 Å². The van der Waals surface area contributed by atoms with E-state index in [0.717, 1.165) is 16.5 Å². The minimum atomic E-state index is -0.608. The summed E-state index contributed by atoms with van der Waals surface area (Å²) in [7, 11) is 1.73. The highest BCUT2D eigenvalue weighted by Gasteiger charge is 2.43. The van der Waals surface area contributed by atoms with Crippen LogP contribution in [0, 0.1) is 0 Å². The molecule has 0 saturated heterocycles. The van der Waals surface area contributed by atoms with E-state index >= 15 is 0 Å². The first-order valence-electron chi connectivity index (χ1n) is 10.7. The van der Waals surface area contributed by atoms with Gasteiger partial charge in [0.05, 0.1) is 12.0 Å². The van der Waals surface area contributed by atoms with Gasteiger partial charge in [-0.1, -0.05) is 30.3 Å². The predicted octanol–water partition coefficient (Wildman–Crippen LogP) is 4.45. The van der Waals surface area contributed by atoms with Crippen molar-refractivity contribution in [2.24, 2.45) is 0 Å². The maximum Gasteiger partial charge on any atom is 0.254 e. The van der Waals surface area contributed by atoms with E-state index < -0.39 is 12.0 Å². The fourth-order valence-corrected chi connectivity index (χ4v) is 4.82. The summed E-state index contributed by atoms with van der Waals surface area (Å²) in [6.07, 6.45) is 1.86. The van der Waals surface area contributed by atoms with E-state index in [1.807, 2.05) is 66.9 Å². The molecule has 0 spiro atoms. The number of H-pyrrole nitrogens is 1. The Morgan fingerprint density at radius 1 is 1.03 bits per heavy atom. The summed E-state index contributed by atoms with van der Waals surface area (Å²) in [4.78, 5) is 31.8. The molecule has 2 aliphatic rings. The molecule has 3 aromatic carbocycles. The lowest BCUT2D eigenvalue weighted by Crippen LogP contribution is -2.44. The zero-order valence-electron chi connectivity index (χ0n) is 17.9. The minimum absolute atomic E-state index is 0.120. The van der Waals surface area contributed by atoms with E-state index in [0.29, 0.717) is 28.3 Å². The molecule has 0 bridgehead atoms. The van der Waals surface area contributed by atoms with Crippen molar-refractivity contribution in [3.8, 4) is 11.5 Å². The molecule has 164 valence electrons. The fraction of sp³-hybridized carbons (Fsp3) is 0.154. The number of nitrogens with one attached hydrogen (secondary N) is 2. The van der Waals surface area contributed by atoms with Crippen LogP contribution < -0.4 is 14.8 Å². The molecule has 7 heteroatoms. The molecule has 4 aromatic rings. The molecular formula is C26H21N3O4. The van der Waals surface area contributed by atoms with Gasteiger partial charge in [0.1, 0.15) is 0 Å². The number of hydrogen-bond acceptors (Lipinski definition) is 4. The molecular weight excluding hydrogens is 418 g/mol. The lowest BCUT2D eigenvalue weighted by molar-refractivity contribution is -0.119. The van der Waals surface area contributed by atoms with Crippen LogP contribution >= 0.6 is 0 Å². The van der Waals surface area contributed by atoms with E-state index in [1.54, 1.807) is 18.0 Å². The van der Waals surface area contributed by atoms with Gasteiger partial charge < -0.3 is 24.7 Å². The smallest absolute Gasteiger partial charge is 0.254 e. The Labute approximate surface area is 189 Å². The molecule has 33 heavy (non-hydrogen) atoms. The largest absolute Gasteiger partial charge is 0.454 e. The Morgan fingerprint density at radius 2 is 1.88 bits per heavy atom. The number of anilines is 1. The van der Waals surface area contributed by atoms with Crippen molar-refractivity contribution >= 4 is 28.4 Å². The van der Waals surface area contributed by atoms with E-state index in [4.69, 9.17) is 9.47 Å². The maximum atomic E-state index is 13.8. The second kappa shape index (κ2) is 7.41. The van der Waals surface area contributed by atoms with Crippen molar-refractivity contribution in [1.29, 1.82) is 0 Å². The van der Waals surface area contributed by atoms with Gasteiger partial charge in [-0.25, -0.2) is 0 Å². The first-order chi connectivity index (χ1) is 16.1. The van der Waals surface area contributed by atoms with Crippen molar-refractivity contribution in [2.45, 2.75) is 12.0 Å². The van der Waals surface area contributed by atoms with Crippen LogP contribution in [0.4, 0.5) is 5.69 Å². The normalized spacial score (nSPS) is 18.9. The average Bonchev–Trinajstić information content (AvgIpc) is 3.49. The fourth-order valence-electron chi connectivity index (χ4n) is 4.82. The molecule has 0 unspecified atom stereocenters. The van der Waals surface area contributed by atoms with Crippen LogP contribution in [0.25, 0.3) is 10.9 Å². The summed E-state index contributed by atoms with van der Waals surface area (Å²) in [5, 5.41) is 4.14. The van der Waals surface area contributed by atoms with E-state index in [2.05, 4.69) is 10.3 Å². The number of nitrogens with zero attached hydrogens (tertiary/aromatic N) is 1. The molecule has 2 atom stereocenters. The zero-order valence-corrected chi connectivity index (χ0v) is 17.9. The molecule has 7 nitrogen and oxygen atoms in total. The number of carbonyl (C=O) groups is 2. The third kappa shape index (κ3) is 3.12. The minimum Gasteiger partial charge on any atom is -0.454 e. The predicted molar refractivity (Wildman–Crippen MR) is 124 cm³/mol. The van der Waals surface area contributed by atoms with Crippen LogP contribution in [0.15, 0.2) is 72.9 Å². The van der Waals surface area contributed by atoms with E-state index in [-0.39, 0.29) is 18.6 Å². The van der Waals surface area contributed by atoms with Gasteiger partial charge in [0.25, 0.3) is 5.91 Å². The van der Waals surface area contributed by atoms with Gasteiger partial charge in [0, 0.05) is 30.0 Å². The molecule has 0 radical (unpaired) electrons. The first kappa shape index (κ1) is 19.4. The van der Waals surface area contributed by atoms with E-state index in [9.17, 15) is 9.59 Å². The van der Waals surface area contributed by atoms with Crippen molar-refractivity contribution in [3.63, 3.8) is 0 Å². The molecule has 1 aromatic heterocycles. The van der Waals surface area contributed by atoms with Crippen LogP contribution in [0.2, 0.25) is 0 Å². The number of carbonyl (C=O) groups excluding carboxylic acids is 2. The number of benzene rings is 3. The van der Waals surface area contributed by atoms with Gasteiger partial charge in [0.15, 0.2) is 11.5 Å². The molecule has 0 aliphatic carbocycles. The third-order valence-electron chi connectivity index (χ3n) is 6.42. The highest BCUT2D eigenvalue weighted by atomic mass is 16.7. The summed E-state index contributed by atoms with van der Waals surface area (Å²) in [5.41, 5.74) is 3.69. The van der Waals surface area contributed by atoms with Gasteiger partial charge in [-0.15, -0.1) is 0 Å². The number of ether oxygens (including phenoxy) is 2. The van der Waals surface area contributed by atoms with Crippen molar-refractivity contribution < 1.29 is 19.1 Å². The number of hydrogen-bond donors (Lipinski definition) is 2. The number of aromatic nitrogens is 1. The summed E-state index contributed by atoms with van der Waals surface area (Å²) in [5.74, 6) is 0.358. The number of likely N-dealkylation sites (N-methyl/N-ethyl adjacent to an activating group) is 1. The Balaban J connectivity index is 1.44. The molecule has 2 amide bonds.